The van der Waals surface area contributed by atoms with Crippen molar-refractivity contribution in [1.82, 2.24) is 0 Å². The highest BCUT2D eigenvalue weighted by atomic mass is 16.5. The third-order valence-electron chi connectivity index (χ3n) is 6.85. The molecule has 0 heterocycles. The Balaban J connectivity index is 1.70. The summed E-state index contributed by atoms with van der Waals surface area (Å²) in [6.07, 6.45) is 9.27. The first kappa shape index (κ1) is 20.4. The van der Waals surface area contributed by atoms with Gasteiger partial charge in [-0.25, -0.2) is 0 Å². The molecule has 1 unspecified atom stereocenters. The van der Waals surface area contributed by atoms with Crippen LogP contribution in [0.1, 0.15) is 64.2 Å². The third kappa shape index (κ3) is 4.23. The van der Waals surface area contributed by atoms with Gasteiger partial charge in [0.15, 0.2) is 0 Å². The lowest BCUT2D eigenvalue weighted by Crippen LogP contribution is -2.59. The monoisotopic (exact) mass is 376 g/mol. The topological polar surface area (TPSA) is 87.0 Å². The molecule has 5 nitrogen and oxygen atoms in total. The van der Waals surface area contributed by atoms with E-state index in [0.717, 1.165) is 44.1 Å². The first-order valence-electron chi connectivity index (χ1n) is 10.3. The number of aliphatic hydroxyl groups is 2. The van der Waals surface area contributed by atoms with Crippen LogP contribution >= 0.6 is 0 Å². The van der Waals surface area contributed by atoms with E-state index in [4.69, 9.17) is 9.84 Å². The first-order chi connectivity index (χ1) is 13.0. The second-order valence-electron chi connectivity index (χ2n) is 8.33. The van der Waals surface area contributed by atoms with Crippen molar-refractivity contribution in [2.24, 2.45) is 17.8 Å². The largest absolute Gasteiger partial charge is 0.481 e. The standard InChI is InChI=1S/C22H32O5/c1-27-22-13-12-20(24)17(10-11-19(23)15-6-3-2-4-7-15)18(22)14-16(22)8-5-9-21(25)26/h8,15,17-20,23-24H,2-7,9,12-14H2,1H3,(H,25,26)/b16-8+/t17-,18-,19?,20-,22+/m0/s1. The number of aliphatic hydroxyl groups excluding tert-OH is 2. The minimum atomic E-state index is -0.797. The van der Waals surface area contributed by atoms with Gasteiger partial charge in [-0.1, -0.05) is 37.2 Å². The fourth-order valence-electron chi connectivity index (χ4n) is 5.21. The van der Waals surface area contributed by atoms with Crippen LogP contribution in [0.5, 0.6) is 0 Å². The third-order valence-corrected chi connectivity index (χ3v) is 6.85. The van der Waals surface area contributed by atoms with Crippen molar-refractivity contribution >= 4 is 5.97 Å². The molecule has 5 atom stereocenters. The zero-order chi connectivity index (χ0) is 19.4. The first-order valence-corrected chi connectivity index (χ1v) is 10.3. The number of methoxy groups -OCH3 is 1. The normalized spacial score (nSPS) is 36.3. The molecule has 0 bridgehead atoms. The summed E-state index contributed by atoms with van der Waals surface area (Å²) in [6, 6.07) is 0. The van der Waals surface area contributed by atoms with Gasteiger partial charge in [-0.05, 0) is 50.0 Å². The van der Waals surface area contributed by atoms with Crippen molar-refractivity contribution in [3.8, 4) is 11.8 Å². The van der Waals surface area contributed by atoms with Gasteiger partial charge in [-0.2, -0.15) is 0 Å². The lowest BCUT2D eigenvalue weighted by molar-refractivity contribution is -0.139. The predicted molar refractivity (Wildman–Crippen MR) is 102 cm³/mol. The van der Waals surface area contributed by atoms with Crippen LogP contribution in [0.2, 0.25) is 0 Å². The van der Waals surface area contributed by atoms with Crippen molar-refractivity contribution in [3.05, 3.63) is 11.6 Å². The van der Waals surface area contributed by atoms with Crippen LogP contribution in [0.25, 0.3) is 0 Å². The molecule has 3 N–H and O–H groups in total. The predicted octanol–water partition coefficient (Wildman–Crippen LogP) is 2.90. The number of rotatable bonds is 5. The van der Waals surface area contributed by atoms with Gasteiger partial charge in [-0.3, -0.25) is 4.79 Å². The van der Waals surface area contributed by atoms with Gasteiger partial charge in [0.05, 0.1) is 17.6 Å². The molecule has 5 heteroatoms. The lowest BCUT2D eigenvalue weighted by Gasteiger charge is -2.57. The van der Waals surface area contributed by atoms with E-state index < -0.39 is 23.8 Å². The summed E-state index contributed by atoms with van der Waals surface area (Å²) < 4.78 is 5.89. The fraction of sp³-hybridized carbons (Fsp3) is 0.773. The van der Waals surface area contributed by atoms with E-state index >= 15 is 0 Å². The number of carbonyl (C=O) groups is 1. The van der Waals surface area contributed by atoms with E-state index in [1.54, 1.807) is 7.11 Å². The number of aliphatic carboxylic acids is 1. The van der Waals surface area contributed by atoms with E-state index in [1.165, 1.54) is 6.42 Å². The summed E-state index contributed by atoms with van der Waals surface area (Å²) in [5.74, 6) is 5.61. The zero-order valence-corrected chi connectivity index (χ0v) is 16.2. The molecule has 3 fully saturated rings. The van der Waals surface area contributed by atoms with Gasteiger partial charge in [0, 0.05) is 19.4 Å². The molecule has 0 amide bonds. The number of carboxylic acids is 1. The van der Waals surface area contributed by atoms with E-state index in [1.807, 2.05) is 6.08 Å². The van der Waals surface area contributed by atoms with Crippen LogP contribution in [0.15, 0.2) is 11.6 Å². The maximum atomic E-state index is 10.8. The Labute approximate surface area is 161 Å². The van der Waals surface area contributed by atoms with Crippen molar-refractivity contribution in [1.29, 1.82) is 0 Å². The van der Waals surface area contributed by atoms with Gasteiger partial charge < -0.3 is 20.1 Å². The number of hydrogen-bond acceptors (Lipinski definition) is 4. The number of hydrogen-bond donors (Lipinski definition) is 3. The molecule has 3 aliphatic carbocycles. The molecule has 0 radical (unpaired) electrons. The zero-order valence-electron chi connectivity index (χ0n) is 16.2. The summed E-state index contributed by atoms with van der Waals surface area (Å²) in [5, 5.41) is 29.8. The quantitative estimate of drug-likeness (QED) is 0.507. The van der Waals surface area contributed by atoms with Gasteiger partial charge in [-0.15, -0.1) is 0 Å². The smallest absolute Gasteiger partial charge is 0.303 e. The highest BCUT2D eigenvalue weighted by Gasteiger charge is 2.58. The highest BCUT2D eigenvalue weighted by molar-refractivity contribution is 5.66. The van der Waals surface area contributed by atoms with Crippen LogP contribution in [-0.2, 0) is 9.53 Å². The Bertz CT molecular complexity index is 624. The second-order valence-corrected chi connectivity index (χ2v) is 8.33. The van der Waals surface area contributed by atoms with Gasteiger partial charge >= 0.3 is 5.97 Å². The summed E-state index contributed by atoms with van der Waals surface area (Å²) in [6.45, 7) is 0. The van der Waals surface area contributed by atoms with Gasteiger partial charge in [0.25, 0.3) is 0 Å². The minimum Gasteiger partial charge on any atom is -0.481 e. The molecule has 150 valence electrons. The Morgan fingerprint density at radius 1 is 1.33 bits per heavy atom. The van der Waals surface area contributed by atoms with Crippen molar-refractivity contribution in [2.75, 3.05) is 7.11 Å². The van der Waals surface area contributed by atoms with Gasteiger partial charge in [0.1, 0.15) is 6.10 Å². The van der Waals surface area contributed by atoms with Gasteiger partial charge in [0.2, 0.25) is 0 Å². The van der Waals surface area contributed by atoms with E-state index in [9.17, 15) is 15.0 Å². The van der Waals surface area contributed by atoms with Crippen LogP contribution in [0.4, 0.5) is 0 Å². The molecule has 0 aliphatic heterocycles. The van der Waals surface area contributed by atoms with E-state index in [0.29, 0.717) is 12.8 Å². The van der Waals surface area contributed by atoms with Crippen molar-refractivity contribution < 1.29 is 24.9 Å². The van der Waals surface area contributed by atoms with Crippen LogP contribution in [-0.4, -0.2) is 46.2 Å². The SMILES string of the molecule is CO[C@@]12CC[C@H](O)[C@@H](C#CC(O)C3CCCCC3)[C@@H]1C/C2=C\CCC(=O)O. The molecule has 3 rings (SSSR count). The summed E-state index contributed by atoms with van der Waals surface area (Å²) in [7, 11) is 1.69. The maximum absolute atomic E-state index is 10.8. The Hall–Kier alpha value is -1.35. The summed E-state index contributed by atoms with van der Waals surface area (Å²) in [4.78, 5) is 10.8. The number of fused-ring (bicyclic) bond motifs is 1. The average molecular weight is 376 g/mol. The lowest BCUT2D eigenvalue weighted by atomic mass is 9.53. The molecule has 3 saturated carbocycles. The van der Waals surface area contributed by atoms with E-state index in [-0.39, 0.29) is 24.2 Å². The molecule has 0 aromatic rings. The van der Waals surface area contributed by atoms with Crippen LogP contribution in [0.3, 0.4) is 0 Å². The number of carboxylic acid groups (broad SMARTS) is 1. The average Bonchev–Trinajstić information content (AvgIpc) is 2.66. The minimum absolute atomic E-state index is 0.105. The Kier molecular flexibility index (Phi) is 6.62. The molecular formula is C22H32O5. The number of ether oxygens (including phenoxy) is 1. The Morgan fingerprint density at radius 2 is 2.07 bits per heavy atom. The molecule has 0 aromatic carbocycles. The van der Waals surface area contributed by atoms with Crippen molar-refractivity contribution in [2.45, 2.75) is 82.0 Å². The fourth-order valence-corrected chi connectivity index (χ4v) is 5.21. The molecule has 27 heavy (non-hydrogen) atoms. The maximum Gasteiger partial charge on any atom is 0.303 e. The molecule has 0 aromatic heterocycles. The molecule has 0 saturated heterocycles. The second kappa shape index (κ2) is 8.77. The van der Waals surface area contributed by atoms with Crippen molar-refractivity contribution in [3.63, 3.8) is 0 Å². The molecule has 3 aliphatic rings. The number of allylic oxidation sites excluding steroid dienone is 1. The van der Waals surface area contributed by atoms with Crippen LogP contribution in [0, 0.1) is 29.6 Å². The Morgan fingerprint density at radius 3 is 2.74 bits per heavy atom. The molecule has 0 spiro atoms. The summed E-state index contributed by atoms with van der Waals surface area (Å²) >= 11 is 0. The van der Waals surface area contributed by atoms with Crippen LogP contribution < -0.4 is 0 Å². The molecular weight excluding hydrogens is 344 g/mol. The summed E-state index contributed by atoms with van der Waals surface area (Å²) in [5.41, 5.74) is 0.718. The van der Waals surface area contributed by atoms with E-state index in [2.05, 4.69) is 11.8 Å². The highest BCUT2D eigenvalue weighted by Crippen LogP contribution is 2.56.